The zero-order valence-corrected chi connectivity index (χ0v) is 17.9. The Balaban J connectivity index is 1.58. The van der Waals surface area contributed by atoms with Crippen molar-refractivity contribution in [3.63, 3.8) is 0 Å². The molecule has 0 saturated heterocycles. The van der Waals surface area contributed by atoms with Gasteiger partial charge in [0, 0.05) is 12.3 Å². The fourth-order valence-corrected chi connectivity index (χ4v) is 4.20. The molecule has 4 aromatic rings. The second-order valence-electron chi connectivity index (χ2n) is 7.17. The summed E-state index contributed by atoms with van der Waals surface area (Å²) in [5.74, 6) is 0.338. The lowest BCUT2D eigenvalue weighted by atomic mass is 10.2. The van der Waals surface area contributed by atoms with E-state index >= 15 is 0 Å². The molecule has 0 aliphatic carbocycles. The Morgan fingerprint density at radius 1 is 1.00 bits per heavy atom. The Morgan fingerprint density at radius 3 is 2.52 bits per heavy atom. The molecule has 0 saturated carbocycles. The molecule has 8 heteroatoms. The molecule has 0 atom stereocenters. The van der Waals surface area contributed by atoms with E-state index in [0.717, 1.165) is 11.1 Å². The summed E-state index contributed by atoms with van der Waals surface area (Å²) in [6.07, 6.45) is 1.66. The van der Waals surface area contributed by atoms with E-state index in [9.17, 15) is 13.2 Å². The molecule has 1 N–H and O–H groups in total. The molecule has 0 radical (unpaired) electrons. The molecule has 31 heavy (non-hydrogen) atoms. The first kappa shape index (κ1) is 20.6. The zero-order valence-electron chi connectivity index (χ0n) is 17.1. The van der Waals surface area contributed by atoms with Gasteiger partial charge in [0.2, 0.25) is 0 Å². The van der Waals surface area contributed by atoms with Crippen molar-refractivity contribution in [1.29, 1.82) is 0 Å². The summed E-state index contributed by atoms with van der Waals surface area (Å²) in [6.45, 7) is 3.78. The number of rotatable bonds is 6. The quantitative estimate of drug-likeness (QED) is 0.499. The predicted molar refractivity (Wildman–Crippen MR) is 119 cm³/mol. The molecule has 158 valence electrons. The fraction of sp³-hybridized carbons (Fsp3) is 0.130. The standard InChI is InChI=1S/C23H21N3O4S/c1-16-9-11-19(12-10-16)31(28,29)25-20-7-3-4-8-21(20)30-15-18-14-22(27)26-13-5-6-17(2)23(26)24-18/h3-14,25H,15H2,1-2H3. The molecule has 0 aliphatic rings. The molecule has 2 aromatic carbocycles. The zero-order chi connectivity index (χ0) is 22.0. The maximum atomic E-state index is 12.7. The van der Waals surface area contributed by atoms with Gasteiger partial charge in [0.25, 0.3) is 15.6 Å². The van der Waals surface area contributed by atoms with Gasteiger partial charge in [-0.2, -0.15) is 0 Å². The highest BCUT2D eigenvalue weighted by Gasteiger charge is 2.16. The van der Waals surface area contributed by atoms with Crippen molar-refractivity contribution in [3.05, 3.63) is 100 Å². The third-order valence-corrected chi connectivity index (χ3v) is 6.16. The van der Waals surface area contributed by atoms with Gasteiger partial charge in [0.1, 0.15) is 18.0 Å². The van der Waals surface area contributed by atoms with Gasteiger partial charge in [-0.05, 0) is 49.7 Å². The summed E-state index contributed by atoms with van der Waals surface area (Å²) >= 11 is 0. The second-order valence-corrected chi connectivity index (χ2v) is 8.86. The Bertz CT molecular complexity index is 1410. The highest BCUT2D eigenvalue weighted by molar-refractivity contribution is 7.92. The number of sulfonamides is 1. The number of nitrogens with one attached hydrogen (secondary N) is 1. The molecule has 0 fully saturated rings. The number of pyridine rings is 1. The highest BCUT2D eigenvalue weighted by Crippen LogP contribution is 2.27. The van der Waals surface area contributed by atoms with Crippen molar-refractivity contribution in [2.45, 2.75) is 25.3 Å². The highest BCUT2D eigenvalue weighted by atomic mass is 32.2. The smallest absolute Gasteiger partial charge is 0.262 e. The summed E-state index contributed by atoms with van der Waals surface area (Å²) in [4.78, 5) is 17.0. The van der Waals surface area contributed by atoms with E-state index in [1.54, 1.807) is 60.8 Å². The molecule has 0 unspecified atom stereocenters. The number of aromatic nitrogens is 2. The predicted octanol–water partition coefficient (Wildman–Crippen LogP) is 3.69. The van der Waals surface area contributed by atoms with E-state index in [4.69, 9.17) is 4.74 Å². The van der Waals surface area contributed by atoms with E-state index in [1.165, 1.54) is 10.5 Å². The van der Waals surface area contributed by atoms with Crippen molar-refractivity contribution < 1.29 is 13.2 Å². The van der Waals surface area contributed by atoms with Gasteiger partial charge >= 0.3 is 0 Å². The molecule has 7 nitrogen and oxygen atoms in total. The van der Waals surface area contributed by atoms with Crippen LogP contribution < -0.4 is 15.0 Å². The van der Waals surface area contributed by atoms with Crippen LogP contribution in [0.25, 0.3) is 5.65 Å². The first-order valence-electron chi connectivity index (χ1n) is 9.63. The molecule has 4 rings (SSSR count). The number of benzene rings is 2. The summed E-state index contributed by atoms with van der Waals surface area (Å²) in [5.41, 5.74) is 2.94. The number of fused-ring (bicyclic) bond motifs is 1. The number of hydrogen-bond acceptors (Lipinski definition) is 5. The summed E-state index contributed by atoms with van der Waals surface area (Å²) in [6, 6.07) is 18.4. The maximum absolute atomic E-state index is 12.7. The third kappa shape index (κ3) is 4.44. The molecule has 0 spiro atoms. The van der Waals surface area contributed by atoms with Crippen LogP contribution in [-0.2, 0) is 16.6 Å². The summed E-state index contributed by atoms with van der Waals surface area (Å²) in [5, 5.41) is 0. The number of hydrogen-bond donors (Lipinski definition) is 1. The number of aryl methyl sites for hydroxylation is 2. The van der Waals surface area contributed by atoms with Crippen LogP contribution in [0.5, 0.6) is 5.75 Å². The van der Waals surface area contributed by atoms with E-state index in [-0.39, 0.29) is 17.1 Å². The van der Waals surface area contributed by atoms with Gasteiger partial charge in [-0.25, -0.2) is 13.4 Å². The number of anilines is 1. The van der Waals surface area contributed by atoms with E-state index in [2.05, 4.69) is 9.71 Å². The van der Waals surface area contributed by atoms with E-state index in [0.29, 0.717) is 22.8 Å². The Hall–Kier alpha value is -3.65. The normalized spacial score (nSPS) is 11.4. The minimum absolute atomic E-state index is 0.0172. The van der Waals surface area contributed by atoms with Gasteiger partial charge in [0.05, 0.1) is 16.3 Å². The average molecular weight is 436 g/mol. The maximum Gasteiger partial charge on any atom is 0.262 e. The van der Waals surface area contributed by atoms with Crippen LogP contribution in [0.3, 0.4) is 0 Å². The summed E-state index contributed by atoms with van der Waals surface area (Å²) in [7, 11) is -3.78. The van der Waals surface area contributed by atoms with Crippen molar-refractivity contribution >= 4 is 21.4 Å². The molecule has 2 aromatic heterocycles. The Morgan fingerprint density at radius 2 is 1.74 bits per heavy atom. The van der Waals surface area contributed by atoms with Crippen LogP contribution in [0, 0.1) is 13.8 Å². The van der Waals surface area contributed by atoms with E-state index in [1.807, 2.05) is 19.9 Å². The van der Waals surface area contributed by atoms with Crippen LogP contribution in [0.15, 0.2) is 82.6 Å². The first-order valence-corrected chi connectivity index (χ1v) is 11.1. The lowest BCUT2D eigenvalue weighted by molar-refractivity contribution is 0.303. The van der Waals surface area contributed by atoms with E-state index < -0.39 is 10.0 Å². The minimum Gasteiger partial charge on any atom is -0.485 e. The van der Waals surface area contributed by atoms with Gasteiger partial charge < -0.3 is 4.74 Å². The second kappa shape index (κ2) is 8.23. The van der Waals surface area contributed by atoms with Crippen LogP contribution in [0.2, 0.25) is 0 Å². The monoisotopic (exact) mass is 435 g/mol. The van der Waals surface area contributed by atoms with Crippen LogP contribution >= 0.6 is 0 Å². The van der Waals surface area contributed by atoms with Crippen molar-refractivity contribution in [3.8, 4) is 5.75 Å². The average Bonchev–Trinajstić information content (AvgIpc) is 2.74. The molecule has 2 heterocycles. The van der Waals surface area contributed by atoms with Crippen LogP contribution in [-0.4, -0.2) is 17.8 Å². The lowest BCUT2D eigenvalue weighted by Crippen LogP contribution is -2.17. The van der Waals surface area contributed by atoms with Gasteiger partial charge in [-0.1, -0.05) is 35.9 Å². The number of para-hydroxylation sites is 2. The Kier molecular flexibility index (Phi) is 5.48. The van der Waals surface area contributed by atoms with Crippen molar-refractivity contribution in [2.75, 3.05) is 4.72 Å². The van der Waals surface area contributed by atoms with Gasteiger partial charge in [0.15, 0.2) is 0 Å². The third-order valence-electron chi connectivity index (χ3n) is 4.78. The van der Waals surface area contributed by atoms with Crippen molar-refractivity contribution in [1.82, 2.24) is 9.38 Å². The van der Waals surface area contributed by atoms with Gasteiger partial charge in [-0.3, -0.25) is 13.9 Å². The topological polar surface area (TPSA) is 89.8 Å². The summed E-state index contributed by atoms with van der Waals surface area (Å²) < 4.78 is 35.4. The van der Waals surface area contributed by atoms with Crippen LogP contribution in [0.1, 0.15) is 16.8 Å². The number of nitrogens with zero attached hydrogens (tertiary/aromatic N) is 2. The Labute approximate surface area is 180 Å². The molecule has 0 amide bonds. The van der Waals surface area contributed by atoms with Gasteiger partial charge in [-0.15, -0.1) is 0 Å². The first-order chi connectivity index (χ1) is 14.8. The van der Waals surface area contributed by atoms with Crippen molar-refractivity contribution in [2.24, 2.45) is 0 Å². The number of ether oxygens (including phenoxy) is 1. The molecular formula is C23H21N3O4S. The molecular weight excluding hydrogens is 414 g/mol. The largest absolute Gasteiger partial charge is 0.485 e. The fourth-order valence-electron chi connectivity index (χ4n) is 3.13. The SMILES string of the molecule is Cc1ccc(S(=O)(=O)Nc2ccccc2OCc2cc(=O)n3cccc(C)c3n2)cc1. The lowest BCUT2D eigenvalue weighted by Gasteiger charge is -2.14. The van der Waals surface area contributed by atoms with Crippen LogP contribution in [0.4, 0.5) is 5.69 Å². The minimum atomic E-state index is -3.78. The molecule has 0 bridgehead atoms. The molecule has 0 aliphatic heterocycles.